The monoisotopic (exact) mass is 310 g/mol. The number of halogens is 2. The molecule has 1 aliphatic carbocycles. The predicted molar refractivity (Wildman–Crippen MR) is 77.9 cm³/mol. The van der Waals surface area contributed by atoms with Crippen LogP contribution in [0.1, 0.15) is 54.9 Å². The van der Waals surface area contributed by atoms with E-state index in [9.17, 15) is 18.4 Å². The summed E-state index contributed by atoms with van der Waals surface area (Å²) >= 11 is 0. The molecule has 0 unspecified atom stereocenters. The van der Waals surface area contributed by atoms with Crippen molar-refractivity contribution in [1.82, 2.24) is 0 Å². The van der Waals surface area contributed by atoms with Gasteiger partial charge in [-0.05, 0) is 19.8 Å². The Morgan fingerprint density at radius 3 is 2.27 bits per heavy atom. The largest absolute Gasteiger partial charge is 0.461 e. The highest BCUT2D eigenvalue weighted by molar-refractivity contribution is 5.98. The van der Waals surface area contributed by atoms with Crippen molar-refractivity contribution < 1.29 is 23.1 Å². The maximum atomic E-state index is 13.9. The van der Waals surface area contributed by atoms with Gasteiger partial charge in [0.15, 0.2) is 5.78 Å². The van der Waals surface area contributed by atoms with E-state index >= 15 is 0 Å². The average molecular weight is 310 g/mol. The predicted octanol–water partition coefficient (Wildman–Crippen LogP) is 4.10. The van der Waals surface area contributed by atoms with Crippen molar-refractivity contribution in [1.29, 1.82) is 0 Å². The van der Waals surface area contributed by atoms with E-state index in [0.29, 0.717) is 5.56 Å². The van der Waals surface area contributed by atoms with E-state index in [1.165, 1.54) is 19.1 Å². The van der Waals surface area contributed by atoms with Crippen molar-refractivity contribution in [2.75, 3.05) is 6.61 Å². The summed E-state index contributed by atoms with van der Waals surface area (Å²) in [6, 6.07) is 5.01. The van der Waals surface area contributed by atoms with Crippen LogP contribution in [-0.2, 0) is 15.5 Å². The molecule has 1 saturated carbocycles. The Morgan fingerprint density at radius 1 is 1.14 bits per heavy atom. The number of Topliss-reactive ketones (excluding diaryl/α,β-unsaturated/α-hetero) is 1. The third-order valence-electron chi connectivity index (χ3n) is 4.04. The fraction of sp³-hybridized carbons (Fsp3) is 0.529. The molecule has 2 rings (SSSR count). The molecule has 1 aliphatic rings. The van der Waals surface area contributed by atoms with Crippen molar-refractivity contribution in [3.63, 3.8) is 0 Å². The van der Waals surface area contributed by atoms with E-state index in [1.807, 2.05) is 0 Å². The second-order valence-electron chi connectivity index (χ2n) is 5.57. The smallest absolute Gasteiger partial charge is 0.381 e. The van der Waals surface area contributed by atoms with E-state index < -0.39 is 17.5 Å². The van der Waals surface area contributed by atoms with E-state index in [4.69, 9.17) is 0 Å². The van der Waals surface area contributed by atoms with E-state index in [1.54, 1.807) is 0 Å². The molecule has 0 spiro atoms. The van der Waals surface area contributed by atoms with Gasteiger partial charge in [-0.3, -0.25) is 4.79 Å². The van der Waals surface area contributed by atoms with Gasteiger partial charge in [0.1, 0.15) is 0 Å². The summed E-state index contributed by atoms with van der Waals surface area (Å²) < 4.78 is 32.1. The molecule has 0 aromatic heterocycles. The summed E-state index contributed by atoms with van der Waals surface area (Å²) in [6.45, 7) is 1.37. The second kappa shape index (κ2) is 6.99. The molecule has 1 aromatic rings. The third-order valence-corrected chi connectivity index (χ3v) is 4.04. The zero-order chi connectivity index (χ0) is 16.2. The van der Waals surface area contributed by atoms with E-state index in [0.717, 1.165) is 44.2 Å². The van der Waals surface area contributed by atoms with Crippen LogP contribution in [0.5, 0.6) is 0 Å². The molecule has 0 aliphatic heterocycles. The van der Waals surface area contributed by atoms with Crippen molar-refractivity contribution in [2.45, 2.75) is 45.0 Å². The van der Waals surface area contributed by atoms with Gasteiger partial charge in [-0.15, -0.1) is 0 Å². The van der Waals surface area contributed by atoms with Crippen LogP contribution >= 0.6 is 0 Å². The molecule has 1 aromatic carbocycles. The Balaban J connectivity index is 2.12. The highest BCUT2D eigenvalue weighted by Crippen LogP contribution is 2.31. The quantitative estimate of drug-likeness (QED) is 0.607. The van der Waals surface area contributed by atoms with Gasteiger partial charge in [-0.25, -0.2) is 4.79 Å². The Labute approximate surface area is 128 Å². The first kappa shape index (κ1) is 16.6. The zero-order valence-corrected chi connectivity index (χ0v) is 12.6. The van der Waals surface area contributed by atoms with Crippen LogP contribution in [0.15, 0.2) is 24.3 Å². The summed E-state index contributed by atoms with van der Waals surface area (Å²) in [5, 5.41) is 0. The number of hydrogen-bond donors (Lipinski definition) is 0. The summed E-state index contributed by atoms with van der Waals surface area (Å²) in [5.74, 6) is -5.26. The molecular formula is C17H20F2O3. The Morgan fingerprint density at radius 2 is 1.73 bits per heavy atom. The van der Waals surface area contributed by atoms with Crippen LogP contribution in [0.4, 0.5) is 8.78 Å². The summed E-state index contributed by atoms with van der Waals surface area (Å²) in [5.41, 5.74) is -0.0264. The number of hydrogen-bond acceptors (Lipinski definition) is 3. The molecular weight excluding hydrogens is 290 g/mol. The van der Waals surface area contributed by atoms with Gasteiger partial charge in [0.05, 0.1) is 6.61 Å². The minimum Gasteiger partial charge on any atom is -0.461 e. The lowest BCUT2D eigenvalue weighted by Crippen LogP contribution is -2.28. The van der Waals surface area contributed by atoms with Gasteiger partial charge in [0, 0.05) is 17.0 Å². The topological polar surface area (TPSA) is 43.4 Å². The van der Waals surface area contributed by atoms with E-state index in [2.05, 4.69) is 4.74 Å². The molecule has 1 fully saturated rings. The summed E-state index contributed by atoms with van der Waals surface area (Å²) in [6.07, 6.45) is 4.94. The fourth-order valence-electron chi connectivity index (χ4n) is 2.78. The first-order valence-electron chi connectivity index (χ1n) is 7.66. The standard InChI is InChI=1S/C17H20F2O3/c1-2-22-16(21)17(18,19)14-10-8-13(9-11-14)15(20)12-6-4-3-5-7-12/h8-12H,2-7H2,1H3. The minimum absolute atomic E-state index is 0.00528. The molecule has 3 nitrogen and oxygen atoms in total. The van der Waals surface area contributed by atoms with Gasteiger partial charge in [-0.2, -0.15) is 8.78 Å². The van der Waals surface area contributed by atoms with Crippen molar-refractivity contribution in [3.8, 4) is 0 Å². The normalized spacial score (nSPS) is 16.3. The van der Waals surface area contributed by atoms with E-state index in [-0.39, 0.29) is 18.3 Å². The second-order valence-corrected chi connectivity index (χ2v) is 5.57. The maximum absolute atomic E-state index is 13.9. The van der Waals surface area contributed by atoms with Crippen LogP contribution < -0.4 is 0 Å². The molecule has 0 bridgehead atoms. The number of benzene rings is 1. The van der Waals surface area contributed by atoms with Crippen LogP contribution in [-0.4, -0.2) is 18.4 Å². The van der Waals surface area contributed by atoms with Gasteiger partial charge in [-0.1, -0.05) is 43.5 Å². The number of carbonyl (C=O) groups excluding carboxylic acids is 2. The summed E-state index contributed by atoms with van der Waals surface area (Å²) in [4.78, 5) is 23.6. The minimum atomic E-state index is -3.69. The van der Waals surface area contributed by atoms with Crippen LogP contribution in [0.3, 0.4) is 0 Å². The van der Waals surface area contributed by atoms with Crippen LogP contribution in [0, 0.1) is 5.92 Å². The molecule has 0 N–H and O–H groups in total. The fourth-order valence-corrected chi connectivity index (χ4v) is 2.78. The van der Waals surface area contributed by atoms with Crippen molar-refractivity contribution in [2.24, 2.45) is 5.92 Å². The lowest BCUT2D eigenvalue weighted by atomic mass is 9.83. The Bertz CT molecular complexity index is 531. The molecule has 0 amide bonds. The van der Waals surface area contributed by atoms with Crippen LogP contribution in [0.25, 0.3) is 0 Å². The summed E-state index contributed by atoms with van der Waals surface area (Å²) in [7, 11) is 0. The maximum Gasteiger partial charge on any atom is 0.381 e. The number of ketones is 1. The van der Waals surface area contributed by atoms with Gasteiger partial charge in [0.2, 0.25) is 0 Å². The molecule has 0 atom stereocenters. The van der Waals surface area contributed by atoms with Crippen molar-refractivity contribution in [3.05, 3.63) is 35.4 Å². The average Bonchev–Trinajstić information content (AvgIpc) is 2.55. The highest BCUT2D eigenvalue weighted by Gasteiger charge is 2.42. The molecule has 22 heavy (non-hydrogen) atoms. The lowest BCUT2D eigenvalue weighted by molar-refractivity contribution is -0.173. The first-order valence-corrected chi connectivity index (χ1v) is 7.66. The molecule has 0 radical (unpaired) electrons. The van der Waals surface area contributed by atoms with Gasteiger partial charge >= 0.3 is 11.9 Å². The van der Waals surface area contributed by atoms with Gasteiger partial charge in [0.25, 0.3) is 0 Å². The number of esters is 1. The number of carbonyl (C=O) groups is 2. The molecule has 0 saturated heterocycles. The lowest BCUT2D eigenvalue weighted by Gasteiger charge is -2.20. The van der Waals surface area contributed by atoms with Crippen molar-refractivity contribution >= 4 is 11.8 Å². The zero-order valence-electron chi connectivity index (χ0n) is 12.6. The SMILES string of the molecule is CCOC(=O)C(F)(F)c1ccc(C(=O)C2CCCCC2)cc1. The number of alkyl halides is 2. The highest BCUT2D eigenvalue weighted by atomic mass is 19.3. The van der Waals surface area contributed by atoms with Crippen LogP contribution in [0.2, 0.25) is 0 Å². The number of rotatable bonds is 5. The molecule has 0 heterocycles. The molecule has 5 heteroatoms. The first-order chi connectivity index (χ1) is 10.5. The Hall–Kier alpha value is -1.78. The van der Waals surface area contributed by atoms with Gasteiger partial charge < -0.3 is 4.74 Å². The number of ether oxygens (including phenoxy) is 1. The molecule has 120 valence electrons. The third kappa shape index (κ3) is 3.51. The Kier molecular flexibility index (Phi) is 5.27.